The molecule has 1 atom stereocenters. The van der Waals surface area contributed by atoms with Crippen LogP contribution in [0.15, 0.2) is 18.2 Å². The molecule has 0 saturated heterocycles. The number of terminal acetylenes is 1. The Bertz CT molecular complexity index is 414. The van der Waals surface area contributed by atoms with Gasteiger partial charge in [-0.25, -0.2) is 0 Å². The molecule has 90 valence electrons. The minimum atomic E-state index is 0.453. The van der Waals surface area contributed by atoms with Crippen LogP contribution in [0.2, 0.25) is 0 Å². The molecule has 0 fully saturated rings. The molecule has 0 spiro atoms. The van der Waals surface area contributed by atoms with E-state index in [0.717, 1.165) is 19.3 Å². The number of nitrogens with one attached hydrogen (secondary N) is 1. The third-order valence-corrected chi connectivity index (χ3v) is 3.69. The van der Waals surface area contributed by atoms with Crippen LogP contribution in [0.3, 0.4) is 0 Å². The summed E-state index contributed by atoms with van der Waals surface area (Å²) in [5, 5.41) is 3.40. The van der Waals surface area contributed by atoms with Crippen LogP contribution in [-0.4, -0.2) is 7.05 Å². The van der Waals surface area contributed by atoms with Crippen LogP contribution in [0, 0.1) is 12.3 Å². The summed E-state index contributed by atoms with van der Waals surface area (Å²) in [6, 6.07) is 7.43. The second-order valence-corrected chi connectivity index (χ2v) is 4.82. The van der Waals surface area contributed by atoms with Crippen LogP contribution in [0.5, 0.6) is 0 Å². The van der Waals surface area contributed by atoms with Crippen molar-refractivity contribution >= 4 is 0 Å². The highest BCUT2D eigenvalue weighted by atomic mass is 14.9. The molecule has 1 N–H and O–H groups in total. The summed E-state index contributed by atoms with van der Waals surface area (Å²) < 4.78 is 0. The lowest BCUT2D eigenvalue weighted by Gasteiger charge is -2.17. The van der Waals surface area contributed by atoms with Gasteiger partial charge < -0.3 is 5.32 Å². The van der Waals surface area contributed by atoms with Crippen molar-refractivity contribution < 1.29 is 0 Å². The molecule has 0 aliphatic heterocycles. The van der Waals surface area contributed by atoms with Gasteiger partial charge in [-0.1, -0.05) is 18.2 Å². The summed E-state index contributed by atoms with van der Waals surface area (Å²) in [4.78, 5) is 0. The predicted molar refractivity (Wildman–Crippen MR) is 73.0 cm³/mol. The molecule has 1 unspecified atom stereocenters. The van der Waals surface area contributed by atoms with Gasteiger partial charge in [-0.3, -0.25) is 0 Å². The fourth-order valence-electron chi connectivity index (χ4n) is 2.69. The normalized spacial score (nSPS) is 15.3. The molecule has 17 heavy (non-hydrogen) atoms. The van der Waals surface area contributed by atoms with E-state index in [1.165, 1.54) is 24.8 Å². The number of hydrogen-bond donors (Lipinski definition) is 1. The summed E-state index contributed by atoms with van der Waals surface area (Å²) in [5.41, 5.74) is 4.53. The molecule has 1 aliphatic rings. The molecule has 2 rings (SSSR count). The maximum absolute atomic E-state index is 5.30. The van der Waals surface area contributed by atoms with E-state index in [-0.39, 0.29) is 0 Å². The van der Waals surface area contributed by atoms with Crippen LogP contribution >= 0.6 is 0 Å². The van der Waals surface area contributed by atoms with E-state index in [9.17, 15) is 0 Å². The summed E-state index contributed by atoms with van der Waals surface area (Å²) in [6.45, 7) is 0. The number of benzene rings is 1. The predicted octanol–water partition coefficient (Wildman–Crippen LogP) is 3.24. The zero-order valence-electron chi connectivity index (χ0n) is 10.6. The van der Waals surface area contributed by atoms with E-state index in [1.54, 1.807) is 11.1 Å². The van der Waals surface area contributed by atoms with Crippen molar-refractivity contribution in [3.8, 4) is 12.3 Å². The monoisotopic (exact) mass is 227 g/mol. The van der Waals surface area contributed by atoms with Gasteiger partial charge in [0, 0.05) is 12.5 Å². The van der Waals surface area contributed by atoms with E-state index in [0.29, 0.717) is 6.04 Å². The molecule has 0 saturated carbocycles. The molecule has 0 amide bonds. The van der Waals surface area contributed by atoms with E-state index in [2.05, 4.69) is 29.4 Å². The molecule has 0 radical (unpaired) electrons. The second-order valence-electron chi connectivity index (χ2n) is 4.82. The maximum Gasteiger partial charge on any atom is 0.0317 e. The van der Waals surface area contributed by atoms with Crippen molar-refractivity contribution in [2.45, 2.75) is 44.6 Å². The highest BCUT2D eigenvalue weighted by Crippen LogP contribution is 2.27. The lowest BCUT2D eigenvalue weighted by Crippen LogP contribution is -2.16. The summed E-state index contributed by atoms with van der Waals surface area (Å²) in [5.74, 6) is 2.71. The quantitative estimate of drug-likeness (QED) is 0.601. The average molecular weight is 227 g/mol. The minimum Gasteiger partial charge on any atom is -0.313 e. The molecule has 1 heteroatoms. The Hall–Kier alpha value is -1.26. The fraction of sp³-hybridized carbons (Fsp3) is 0.500. The topological polar surface area (TPSA) is 12.0 Å². The average Bonchev–Trinajstić information content (AvgIpc) is 2.82. The van der Waals surface area contributed by atoms with Crippen LogP contribution in [0.1, 0.15) is 48.4 Å². The van der Waals surface area contributed by atoms with E-state index in [4.69, 9.17) is 6.42 Å². The van der Waals surface area contributed by atoms with Gasteiger partial charge in [0.2, 0.25) is 0 Å². The summed E-state index contributed by atoms with van der Waals surface area (Å²) in [6.07, 6.45) is 12.2. The van der Waals surface area contributed by atoms with Crippen LogP contribution in [-0.2, 0) is 12.8 Å². The van der Waals surface area contributed by atoms with Crippen LogP contribution in [0.4, 0.5) is 0 Å². The summed E-state index contributed by atoms with van der Waals surface area (Å²) >= 11 is 0. The van der Waals surface area contributed by atoms with E-state index in [1.807, 2.05) is 7.05 Å². The van der Waals surface area contributed by atoms with E-state index < -0.39 is 0 Å². The van der Waals surface area contributed by atoms with Gasteiger partial charge >= 0.3 is 0 Å². The number of aryl methyl sites for hydroxylation is 2. The molecule has 1 nitrogen and oxygen atoms in total. The minimum absolute atomic E-state index is 0.453. The molecular weight excluding hydrogens is 206 g/mol. The van der Waals surface area contributed by atoms with Crippen LogP contribution in [0.25, 0.3) is 0 Å². The Kier molecular flexibility index (Phi) is 4.23. The lowest BCUT2D eigenvalue weighted by molar-refractivity contribution is 0.531. The molecular formula is C16H21N. The van der Waals surface area contributed by atoms with Gasteiger partial charge in [0.15, 0.2) is 0 Å². The van der Waals surface area contributed by atoms with Crippen molar-refractivity contribution in [3.63, 3.8) is 0 Å². The molecule has 1 aromatic rings. The highest BCUT2D eigenvalue weighted by Gasteiger charge is 2.14. The summed E-state index contributed by atoms with van der Waals surface area (Å²) in [7, 11) is 2.04. The van der Waals surface area contributed by atoms with Gasteiger partial charge in [-0.15, -0.1) is 12.3 Å². The largest absolute Gasteiger partial charge is 0.313 e. The van der Waals surface area contributed by atoms with E-state index >= 15 is 0 Å². The Morgan fingerprint density at radius 1 is 1.35 bits per heavy atom. The van der Waals surface area contributed by atoms with Crippen LogP contribution < -0.4 is 5.32 Å². The van der Waals surface area contributed by atoms with Crippen molar-refractivity contribution in [1.29, 1.82) is 0 Å². The highest BCUT2D eigenvalue weighted by molar-refractivity contribution is 5.36. The Balaban J connectivity index is 2.06. The first-order valence-corrected chi connectivity index (χ1v) is 6.57. The first-order valence-electron chi connectivity index (χ1n) is 6.57. The Morgan fingerprint density at radius 3 is 2.94 bits per heavy atom. The molecule has 0 heterocycles. The first kappa shape index (κ1) is 12.2. The zero-order chi connectivity index (χ0) is 12.1. The van der Waals surface area contributed by atoms with Crippen molar-refractivity contribution in [3.05, 3.63) is 34.9 Å². The SMILES string of the molecule is C#CCCCC(NC)c1ccc2c(c1)CCC2. The van der Waals surface area contributed by atoms with Gasteiger partial charge in [-0.2, -0.15) is 0 Å². The third-order valence-electron chi connectivity index (χ3n) is 3.69. The van der Waals surface area contributed by atoms with Crippen molar-refractivity contribution in [1.82, 2.24) is 5.32 Å². The van der Waals surface area contributed by atoms with Gasteiger partial charge in [0.05, 0.1) is 0 Å². The Morgan fingerprint density at radius 2 is 2.18 bits per heavy atom. The fourth-order valence-corrected chi connectivity index (χ4v) is 2.69. The molecule has 0 aromatic heterocycles. The molecule has 0 bridgehead atoms. The lowest BCUT2D eigenvalue weighted by atomic mass is 9.97. The molecule has 1 aromatic carbocycles. The number of hydrogen-bond acceptors (Lipinski definition) is 1. The zero-order valence-corrected chi connectivity index (χ0v) is 10.6. The standard InChI is InChI=1S/C16H21N/c1-3-4-5-9-16(17-2)15-11-10-13-7-6-8-14(13)12-15/h1,10-12,16-17H,4-9H2,2H3. The number of rotatable bonds is 5. The second kappa shape index (κ2) is 5.89. The van der Waals surface area contributed by atoms with Crippen molar-refractivity contribution in [2.75, 3.05) is 7.05 Å². The number of fused-ring (bicyclic) bond motifs is 1. The van der Waals surface area contributed by atoms with Gasteiger partial charge in [0.1, 0.15) is 0 Å². The smallest absolute Gasteiger partial charge is 0.0317 e. The first-order chi connectivity index (χ1) is 8.35. The third kappa shape index (κ3) is 2.90. The number of unbranched alkanes of at least 4 members (excludes halogenated alkanes) is 1. The van der Waals surface area contributed by atoms with Crippen molar-refractivity contribution in [2.24, 2.45) is 0 Å². The Labute approximate surface area is 105 Å². The van der Waals surface area contributed by atoms with Gasteiger partial charge in [-0.05, 0) is 55.8 Å². The van der Waals surface area contributed by atoms with Gasteiger partial charge in [0.25, 0.3) is 0 Å². The maximum atomic E-state index is 5.30. The molecule has 1 aliphatic carbocycles.